The molecule has 3 aliphatic heterocycles. The highest BCUT2D eigenvalue weighted by atomic mass is 16.6. The first kappa shape index (κ1) is 20.0. The zero-order valence-electron chi connectivity index (χ0n) is 15.8. The minimum atomic E-state index is -1.72. The highest BCUT2D eigenvalue weighted by Gasteiger charge is 2.57. The zero-order chi connectivity index (χ0) is 20.8. The van der Waals surface area contributed by atoms with Crippen LogP contribution in [0.3, 0.4) is 0 Å². The van der Waals surface area contributed by atoms with Crippen molar-refractivity contribution in [3.63, 3.8) is 0 Å². The van der Waals surface area contributed by atoms with Crippen molar-refractivity contribution < 1.29 is 38.8 Å². The molecule has 3 heterocycles. The summed E-state index contributed by atoms with van der Waals surface area (Å²) in [5.41, 5.74) is -1.20. The summed E-state index contributed by atoms with van der Waals surface area (Å²) < 4.78 is 16.5. The molecule has 3 aliphatic rings. The lowest BCUT2D eigenvalue weighted by atomic mass is 9.80. The predicted octanol–water partition coefficient (Wildman–Crippen LogP) is 0.497. The van der Waals surface area contributed by atoms with Crippen LogP contribution < -0.4 is 0 Å². The van der Waals surface area contributed by atoms with Crippen molar-refractivity contribution in [2.24, 2.45) is 5.92 Å². The summed E-state index contributed by atoms with van der Waals surface area (Å²) in [7, 11) is 0. The van der Waals surface area contributed by atoms with E-state index in [1.807, 2.05) is 0 Å². The van der Waals surface area contributed by atoms with Gasteiger partial charge in [-0.2, -0.15) is 0 Å². The van der Waals surface area contributed by atoms with E-state index in [2.05, 4.69) is 6.58 Å². The molecule has 2 bridgehead atoms. The van der Waals surface area contributed by atoms with Crippen LogP contribution in [0.4, 0.5) is 0 Å². The van der Waals surface area contributed by atoms with Crippen LogP contribution in [0.5, 0.6) is 0 Å². The minimum absolute atomic E-state index is 0.0136. The molecular formula is C20H22O8. The number of hydrogen-bond acceptors (Lipinski definition) is 8. The molecule has 0 aliphatic carbocycles. The van der Waals surface area contributed by atoms with Crippen LogP contribution in [-0.2, 0) is 28.6 Å². The van der Waals surface area contributed by atoms with Gasteiger partial charge >= 0.3 is 11.9 Å². The molecule has 8 heteroatoms. The lowest BCUT2D eigenvalue weighted by Gasteiger charge is -2.36. The first-order chi connectivity index (χ1) is 13.1. The van der Waals surface area contributed by atoms with E-state index in [0.717, 1.165) is 0 Å². The van der Waals surface area contributed by atoms with Crippen molar-refractivity contribution in [3.05, 3.63) is 47.3 Å². The number of esters is 2. The van der Waals surface area contributed by atoms with Gasteiger partial charge in [0.15, 0.2) is 5.60 Å². The number of carbonyl (C=O) groups excluding carboxylic acids is 3. The Labute approximate surface area is 161 Å². The summed E-state index contributed by atoms with van der Waals surface area (Å²) in [5, 5.41) is 20.4. The third-order valence-electron chi connectivity index (χ3n) is 5.39. The molecule has 5 atom stereocenters. The van der Waals surface area contributed by atoms with Gasteiger partial charge in [-0.15, -0.1) is 0 Å². The molecule has 150 valence electrons. The second-order valence-corrected chi connectivity index (χ2v) is 7.14. The van der Waals surface area contributed by atoms with Crippen LogP contribution in [0, 0.1) is 5.92 Å². The SMILES string of the molecule is C=C1C(=O)O[C@@H]2/C=C(/C)C3=CC(=O)[C@](C)(O3)[C@@H](O)[C@@H](OC(=O)/C(=C/C)CO)[C@@H]12. The number of ether oxygens (including phenoxy) is 3. The van der Waals surface area contributed by atoms with Crippen molar-refractivity contribution in [1.29, 1.82) is 0 Å². The number of hydrogen-bond donors (Lipinski definition) is 2. The van der Waals surface area contributed by atoms with Crippen molar-refractivity contribution in [1.82, 2.24) is 0 Å². The molecular weight excluding hydrogens is 368 g/mol. The van der Waals surface area contributed by atoms with Gasteiger partial charge in [-0.1, -0.05) is 12.7 Å². The fourth-order valence-electron chi connectivity index (χ4n) is 3.55. The third-order valence-corrected chi connectivity index (χ3v) is 5.39. The second-order valence-electron chi connectivity index (χ2n) is 7.14. The summed E-state index contributed by atoms with van der Waals surface area (Å²) in [6.45, 7) is 7.76. The molecule has 0 spiro atoms. The Bertz CT molecular complexity index is 848. The lowest BCUT2D eigenvalue weighted by molar-refractivity contribution is -0.176. The van der Waals surface area contributed by atoms with Crippen molar-refractivity contribution in [2.45, 2.75) is 44.7 Å². The average Bonchev–Trinajstić information content (AvgIpc) is 3.10. The molecule has 1 fully saturated rings. The number of aliphatic hydroxyl groups is 2. The quantitative estimate of drug-likeness (QED) is 0.528. The fraction of sp³-hybridized carbons (Fsp3) is 0.450. The van der Waals surface area contributed by atoms with E-state index in [1.165, 1.54) is 19.1 Å². The van der Waals surface area contributed by atoms with Crippen molar-refractivity contribution >= 4 is 17.7 Å². The molecule has 1 saturated heterocycles. The number of ketones is 1. The van der Waals surface area contributed by atoms with Gasteiger partial charge in [0, 0.05) is 11.6 Å². The number of allylic oxidation sites excluding steroid dienone is 2. The first-order valence-electron chi connectivity index (χ1n) is 8.82. The van der Waals surface area contributed by atoms with Gasteiger partial charge < -0.3 is 24.4 Å². The van der Waals surface area contributed by atoms with Gasteiger partial charge in [-0.3, -0.25) is 4.79 Å². The van der Waals surface area contributed by atoms with Gasteiger partial charge in [-0.05, 0) is 32.4 Å². The summed E-state index contributed by atoms with van der Waals surface area (Å²) in [6, 6.07) is 0. The molecule has 0 radical (unpaired) electrons. The zero-order valence-corrected chi connectivity index (χ0v) is 15.8. The Kier molecular flexibility index (Phi) is 5.03. The second kappa shape index (κ2) is 7.03. The smallest absolute Gasteiger partial charge is 0.336 e. The Morgan fingerprint density at radius 3 is 2.71 bits per heavy atom. The van der Waals surface area contributed by atoms with Crippen LogP contribution in [0.1, 0.15) is 20.8 Å². The number of fused-ring (bicyclic) bond motifs is 3. The highest BCUT2D eigenvalue weighted by Crippen LogP contribution is 2.42. The van der Waals surface area contributed by atoms with Crippen molar-refractivity contribution in [2.75, 3.05) is 6.61 Å². The minimum Gasteiger partial charge on any atom is -0.476 e. The van der Waals surface area contributed by atoms with E-state index in [-0.39, 0.29) is 16.9 Å². The van der Waals surface area contributed by atoms with E-state index in [1.54, 1.807) is 19.9 Å². The highest BCUT2D eigenvalue weighted by molar-refractivity contribution is 6.01. The summed E-state index contributed by atoms with van der Waals surface area (Å²) in [5.74, 6) is -2.74. The molecule has 0 amide bonds. The molecule has 28 heavy (non-hydrogen) atoms. The number of rotatable bonds is 3. The fourth-order valence-corrected chi connectivity index (χ4v) is 3.55. The van der Waals surface area contributed by atoms with Crippen LogP contribution >= 0.6 is 0 Å². The van der Waals surface area contributed by atoms with E-state index in [4.69, 9.17) is 14.2 Å². The Morgan fingerprint density at radius 2 is 2.11 bits per heavy atom. The van der Waals surface area contributed by atoms with E-state index in [0.29, 0.717) is 5.57 Å². The van der Waals surface area contributed by atoms with Gasteiger partial charge in [0.1, 0.15) is 24.1 Å². The number of aliphatic hydroxyl groups excluding tert-OH is 2. The lowest BCUT2D eigenvalue weighted by Crippen LogP contribution is -2.56. The standard InChI is InChI=1S/C20H22O8/c1-5-11(8-21)19(25)27-16-15-10(3)18(24)26-13(15)6-9(2)12-7-14(22)20(4,28-12)17(16)23/h5-7,13,15-17,21,23H,3,8H2,1-2,4H3/b9-6-,11-5+/t13-,15+,16+,17+,20+/m1/s1. The van der Waals surface area contributed by atoms with Gasteiger partial charge in [0.2, 0.25) is 5.78 Å². The van der Waals surface area contributed by atoms with E-state index in [9.17, 15) is 24.6 Å². The maximum atomic E-state index is 12.6. The van der Waals surface area contributed by atoms with Crippen molar-refractivity contribution in [3.8, 4) is 0 Å². The third kappa shape index (κ3) is 2.98. The van der Waals surface area contributed by atoms with Crippen LogP contribution in [0.15, 0.2) is 47.3 Å². The normalized spacial score (nSPS) is 36.9. The van der Waals surface area contributed by atoms with Gasteiger partial charge in [0.25, 0.3) is 0 Å². The first-order valence-corrected chi connectivity index (χ1v) is 8.82. The average molecular weight is 390 g/mol. The molecule has 0 aromatic carbocycles. The maximum Gasteiger partial charge on any atom is 0.336 e. The molecule has 0 saturated carbocycles. The monoisotopic (exact) mass is 390 g/mol. The summed E-state index contributed by atoms with van der Waals surface area (Å²) in [4.78, 5) is 37.2. The Balaban J connectivity index is 2.11. The molecule has 2 N–H and O–H groups in total. The van der Waals surface area contributed by atoms with E-state index >= 15 is 0 Å². The number of carbonyl (C=O) groups is 3. The molecule has 8 nitrogen and oxygen atoms in total. The maximum absolute atomic E-state index is 12.6. The molecule has 3 rings (SSSR count). The van der Waals surface area contributed by atoms with Gasteiger partial charge in [0.05, 0.1) is 18.1 Å². The Hall–Kier alpha value is -2.71. The van der Waals surface area contributed by atoms with E-state index < -0.39 is 54.2 Å². The van der Waals surface area contributed by atoms with Crippen LogP contribution in [-0.4, -0.2) is 58.5 Å². The van der Waals surface area contributed by atoms with Gasteiger partial charge in [-0.25, -0.2) is 9.59 Å². The topological polar surface area (TPSA) is 119 Å². The largest absolute Gasteiger partial charge is 0.476 e. The van der Waals surface area contributed by atoms with Crippen LogP contribution in [0.2, 0.25) is 0 Å². The molecule has 0 aromatic heterocycles. The predicted molar refractivity (Wildman–Crippen MR) is 95.6 cm³/mol. The Morgan fingerprint density at radius 1 is 1.43 bits per heavy atom. The molecule has 0 aromatic rings. The summed E-state index contributed by atoms with van der Waals surface area (Å²) in [6.07, 6.45) is 0.347. The molecule has 0 unspecified atom stereocenters. The summed E-state index contributed by atoms with van der Waals surface area (Å²) >= 11 is 0. The van der Waals surface area contributed by atoms with Crippen LogP contribution in [0.25, 0.3) is 0 Å².